The quantitative estimate of drug-likeness (QED) is 0.0193. The fourth-order valence-corrected chi connectivity index (χ4v) is 14.4. The van der Waals surface area contributed by atoms with Crippen molar-refractivity contribution in [1.82, 2.24) is 19.6 Å². The van der Waals surface area contributed by atoms with Gasteiger partial charge in [-0.15, -0.1) is 0 Å². The van der Waals surface area contributed by atoms with Gasteiger partial charge in [-0.3, -0.25) is 48.4 Å². The molecule has 22 heteroatoms. The predicted octanol–water partition coefficient (Wildman–Crippen LogP) is 13.0. The molecule has 0 fully saturated rings. The lowest BCUT2D eigenvalue weighted by atomic mass is 10.0. The Hall–Kier alpha value is -12.9. The maximum absolute atomic E-state index is 13.4. The number of hydrogen-bond donors (Lipinski definition) is 6. The third kappa shape index (κ3) is 29.4. The van der Waals surface area contributed by atoms with Crippen LogP contribution in [0.3, 0.4) is 0 Å². The Kier molecular flexibility index (Phi) is 35.4. The summed E-state index contributed by atoms with van der Waals surface area (Å²) in [6.07, 6.45) is -5.63. The van der Waals surface area contributed by atoms with E-state index in [1.165, 1.54) is 0 Å². The maximum Gasteiger partial charge on any atom is 0.193 e. The molecule has 12 aromatic rings. The molecular weight excluding hydrogens is 1590 g/mol. The Bertz CT molecular complexity index is 4770. The Morgan fingerprint density at radius 1 is 0.183 bits per heavy atom. The molecule has 0 heterocycles. The first-order valence-electron chi connectivity index (χ1n) is 42.3. The van der Waals surface area contributed by atoms with Crippen molar-refractivity contribution < 1.29 is 87.8 Å². The van der Waals surface area contributed by atoms with Crippen molar-refractivity contribution in [2.24, 2.45) is 0 Å². The normalized spacial score (nSPS) is 12.8. The Balaban J connectivity index is 0.764. The number of ketones is 6. The standard InChI is InChI=1S/C104H106N4O18/c109-87(69-121-93-45-33-81(34-46-93)99(115)75-21-7-1-8-22-75)63-105(57-19-59-107(65-89(111)71-123-95-49-37-83(38-50-95)101(117)77-25-11-3-12-26-77)66-90(112)72-124-96-51-39-84(40-52-96)102(118)78-27-13-4-14-28-78)61-62-106(64-88(110)70-122-94-47-35-82(36-48-94)100(116)76-23-9-2-10-24-76)58-20-60-108(67-91(113)73-125-97-53-41-85(42-54-97)103(119)79-29-15-5-16-30-79)68-92(114)74-126-98-55-43-86(44-56-98)104(120)80-31-17-6-18-32-80/h1-18,21-56,87-92,109-114H,19-20,57-74H2. The van der Waals surface area contributed by atoms with Crippen LogP contribution < -0.4 is 28.4 Å². The van der Waals surface area contributed by atoms with Crippen LogP contribution >= 0.6 is 0 Å². The van der Waals surface area contributed by atoms with Crippen LogP contribution in [0.2, 0.25) is 0 Å². The Labute approximate surface area is 734 Å². The van der Waals surface area contributed by atoms with E-state index in [0.29, 0.717) is 153 Å². The molecule has 6 atom stereocenters. The third-order valence-electron chi connectivity index (χ3n) is 21.0. The lowest BCUT2D eigenvalue weighted by Gasteiger charge is -2.32. The van der Waals surface area contributed by atoms with E-state index in [-0.39, 0.29) is 114 Å². The lowest BCUT2D eigenvalue weighted by Crippen LogP contribution is -2.46. The van der Waals surface area contributed by atoms with E-state index >= 15 is 0 Å². The van der Waals surface area contributed by atoms with Crippen LogP contribution in [0.5, 0.6) is 34.5 Å². The van der Waals surface area contributed by atoms with Gasteiger partial charge in [0.1, 0.15) is 111 Å². The van der Waals surface area contributed by atoms with Crippen LogP contribution in [-0.2, 0) is 0 Å². The number of nitrogens with zero attached hydrogens (tertiary/aromatic N) is 4. The van der Waals surface area contributed by atoms with Crippen molar-refractivity contribution >= 4 is 34.7 Å². The van der Waals surface area contributed by atoms with Crippen LogP contribution in [0.1, 0.15) is 108 Å². The summed E-state index contributed by atoms with van der Waals surface area (Å²) >= 11 is 0. The van der Waals surface area contributed by atoms with Gasteiger partial charge < -0.3 is 59.1 Å². The molecule has 0 amide bonds. The first-order chi connectivity index (χ1) is 61.4. The van der Waals surface area contributed by atoms with E-state index in [1.807, 2.05) is 46.2 Å². The van der Waals surface area contributed by atoms with Gasteiger partial charge in [0.15, 0.2) is 34.7 Å². The summed E-state index contributed by atoms with van der Waals surface area (Å²) in [5, 5.41) is 71.3. The number of rotatable bonds is 53. The van der Waals surface area contributed by atoms with Gasteiger partial charge in [-0.1, -0.05) is 182 Å². The summed E-state index contributed by atoms with van der Waals surface area (Å²) in [4.78, 5) is 87.7. The average molecular weight is 1700 g/mol. The van der Waals surface area contributed by atoms with Crippen molar-refractivity contribution in [3.63, 3.8) is 0 Å². The molecule has 0 radical (unpaired) electrons. The number of hydrogen-bond acceptors (Lipinski definition) is 22. The topological polar surface area (TPSA) is 292 Å². The van der Waals surface area contributed by atoms with E-state index in [1.54, 1.807) is 291 Å². The summed E-state index contributed by atoms with van der Waals surface area (Å²) < 4.78 is 36.8. The molecule has 6 N–H and O–H groups in total. The minimum atomic E-state index is -1.08. The number of benzene rings is 12. The first kappa shape index (κ1) is 92.2. The number of aliphatic hydroxyl groups excluding tert-OH is 6. The molecule has 0 aromatic heterocycles. The van der Waals surface area contributed by atoms with Gasteiger partial charge in [0.2, 0.25) is 0 Å². The second-order valence-electron chi connectivity index (χ2n) is 30.9. The summed E-state index contributed by atoms with van der Waals surface area (Å²) in [5.41, 5.74) is 6.01. The van der Waals surface area contributed by atoms with Crippen molar-refractivity contribution in [1.29, 1.82) is 0 Å². The van der Waals surface area contributed by atoms with Crippen molar-refractivity contribution in [3.8, 4) is 34.5 Å². The molecule has 12 aromatic carbocycles. The van der Waals surface area contributed by atoms with Crippen molar-refractivity contribution in [2.75, 3.05) is 118 Å². The van der Waals surface area contributed by atoms with E-state index in [2.05, 4.69) is 9.80 Å². The van der Waals surface area contributed by atoms with Crippen molar-refractivity contribution in [2.45, 2.75) is 49.5 Å². The van der Waals surface area contributed by atoms with Gasteiger partial charge >= 0.3 is 0 Å². The van der Waals surface area contributed by atoms with Crippen molar-refractivity contribution in [3.05, 3.63) is 394 Å². The van der Waals surface area contributed by atoms with Gasteiger partial charge in [-0.05, 0) is 185 Å². The zero-order valence-electron chi connectivity index (χ0n) is 70.2. The van der Waals surface area contributed by atoms with Crippen LogP contribution in [0, 0.1) is 0 Å². The molecule has 6 unspecified atom stereocenters. The Morgan fingerprint density at radius 2 is 0.317 bits per heavy atom. The van der Waals surface area contributed by atoms with E-state index in [4.69, 9.17) is 28.4 Å². The largest absolute Gasteiger partial charge is 0.491 e. The fourth-order valence-electron chi connectivity index (χ4n) is 14.4. The molecule has 0 saturated carbocycles. The van der Waals surface area contributed by atoms with Gasteiger partial charge in [-0.2, -0.15) is 0 Å². The molecule has 0 aliphatic rings. The molecule has 0 aliphatic carbocycles. The highest BCUT2D eigenvalue weighted by molar-refractivity contribution is 6.12. The second kappa shape index (κ2) is 48.4. The minimum absolute atomic E-state index is 0.0397. The minimum Gasteiger partial charge on any atom is -0.491 e. The smallest absolute Gasteiger partial charge is 0.193 e. The van der Waals surface area contributed by atoms with Gasteiger partial charge in [0, 0.05) is 119 Å². The highest BCUT2D eigenvalue weighted by Gasteiger charge is 2.25. The summed E-state index contributed by atoms with van der Waals surface area (Å²) in [7, 11) is 0. The average Bonchev–Trinajstić information content (AvgIpc) is 0.873. The highest BCUT2D eigenvalue weighted by atomic mass is 16.5. The first-order valence-corrected chi connectivity index (χ1v) is 42.3. The SMILES string of the molecule is O=C(c1ccccc1)c1ccc(OCC(O)CN(CCCN(CC(O)COc2ccc(C(=O)c3ccccc3)cc2)CC(O)COc2ccc(C(=O)c3ccccc3)cc2)CCN(CCCN(CC(O)COc2ccc(C(=O)c3ccccc3)cc2)CC(O)COc2ccc(C(=O)c3ccccc3)cc2)CC(O)COc2ccc(C(=O)c3ccccc3)cc2)cc1. The molecule has 0 bridgehead atoms. The molecule has 12 rings (SSSR count). The molecule has 126 heavy (non-hydrogen) atoms. The van der Waals surface area contributed by atoms with E-state index < -0.39 is 36.6 Å². The van der Waals surface area contributed by atoms with Gasteiger partial charge in [0.25, 0.3) is 0 Å². The van der Waals surface area contributed by atoms with Crippen LogP contribution in [0.25, 0.3) is 0 Å². The zero-order chi connectivity index (χ0) is 88.2. The van der Waals surface area contributed by atoms with Gasteiger partial charge in [0.05, 0.1) is 0 Å². The molecular formula is C104H106N4O18. The molecule has 22 nitrogen and oxygen atoms in total. The fraction of sp³-hybridized carbons (Fsp3) is 0.250. The summed E-state index contributed by atoms with van der Waals surface area (Å²) in [6.45, 7) is 1.45. The number of carbonyl (C=O) groups is 6. The summed E-state index contributed by atoms with van der Waals surface area (Å²) in [5.74, 6) is 1.64. The second-order valence-corrected chi connectivity index (χ2v) is 30.9. The number of ether oxygens (including phenoxy) is 6. The monoisotopic (exact) mass is 1700 g/mol. The molecule has 0 spiro atoms. The zero-order valence-corrected chi connectivity index (χ0v) is 70.2. The highest BCUT2D eigenvalue weighted by Crippen LogP contribution is 2.25. The van der Waals surface area contributed by atoms with Crippen LogP contribution in [-0.4, -0.2) is 240 Å². The summed E-state index contributed by atoms with van der Waals surface area (Å²) in [6, 6.07) is 93.7. The number of aliphatic hydroxyl groups is 6. The van der Waals surface area contributed by atoms with E-state index in [9.17, 15) is 59.4 Å². The maximum atomic E-state index is 13.4. The van der Waals surface area contributed by atoms with Gasteiger partial charge in [-0.25, -0.2) is 0 Å². The Morgan fingerprint density at radius 3 is 0.476 bits per heavy atom. The molecule has 0 aliphatic heterocycles. The molecule has 0 saturated heterocycles. The van der Waals surface area contributed by atoms with E-state index in [0.717, 1.165) is 0 Å². The number of carbonyl (C=O) groups excluding carboxylic acids is 6. The van der Waals surface area contributed by atoms with Crippen LogP contribution in [0.4, 0.5) is 0 Å². The predicted molar refractivity (Wildman–Crippen MR) is 482 cm³/mol. The molecule has 650 valence electrons. The lowest BCUT2D eigenvalue weighted by molar-refractivity contribution is 0.0251. The third-order valence-corrected chi connectivity index (χ3v) is 21.0. The van der Waals surface area contributed by atoms with Crippen LogP contribution in [0.15, 0.2) is 328 Å².